The van der Waals surface area contributed by atoms with Crippen molar-refractivity contribution >= 4 is 0 Å². The van der Waals surface area contributed by atoms with E-state index in [4.69, 9.17) is 9.47 Å². The lowest BCUT2D eigenvalue weighted by molar-refractivity contribution is 0.0668. The minimum Gasteiger partial charge on any atom is -0.382 e. The minimum absolute atomic E-state index is 0.702. The fraction of sp³-hybridized carbons (Fsp3) is 1.00. The van der Waals surface area contributed by atoms with Crippen LogP contribution in [0.15, 0.2) is 0 Å². The lowest BCUT2D eigenvalue weighted by Gasteiger charge is -2.19. The van der Waals surface area contributed by atoms with Crippen LogP contribution < -0.4 is 5.32 Å². The number of hydrogen-bond acceptors (Lipinski definition) is 3. The molecule has 18 heavy (non-hydrogen) atoms. The van der Waals surface area contributed by atoms with E-state index in [0.29, 0.717) is 6.61 Å². The predicted molar refractivity (Wildman–Crippen MR) is 78.0 cm³/mol. The van der Waals surface area contributed by atoms with Gasteiger partial charge in [0.05, 0.1) is 13.2 Å². The molecule has 3 heteroatoms. The molecule has 110 valence electrons. The minimum atomic E-state index is 0.702. The Morgan fingerprint density at radius 3 is 2.50 bits per heavy atom. The topological polar surface area (TPSA) is 30.5 Å². The zero-order valence-electron chi connectivity index (χ0n) is 12.8. The molecule has 3 nitrogen and oxygen atoms in total. The molecule has 0 rings (SSSR count). The van der Waals surface area contributed by atoms with Gasteiger partial charge < -0.3 is 14.8 Å². The van der Waals surface area contributed by atoms with Crippen LogP contribution in [0.25, 0.3) is 0 Å². The molecule has 0 aromatic rings. The normalized spacial score (nSPS) is 13.2. The summed E-state index contributed by atoms with van der Waals surface area (Å²) < 4.78 is 10.5. The molecule has 0 saturated heterocycles. The van der Waals surface area contributed by atoms with E-state index >= 15 is 0 Å². The summed E-state index contributed by atoms with van der Waals surface area (Å²) in [6.45, 7) is 11.4. The van der Waals surface area contributed by atoms with Gasteiger partial charge in [0.2, 0.25) is 0 Å². The Labute approximate surface area is 114 Å². The number of nitrogens with one attached hydrogen (secondary N) is 1. The first kappa shape index (κ1) is 17.9. The van der Waals surface area contributed by atoms with Crippen LogP contribution in [0.3, 0.4) is 0 Å². The fourth-order valence-electron chi connectivity index (χ4n) is 2.17. The Kier molecular flexibility index (Phi) is 13.2. The lowest BCUT2D eigenvalue weighted by atomic mass is 9.93. The molecular formula is C15H33NO2. The van der Waals surface area contributed by atoms with E-state index in [2.05, 4.69) is 26.1 Å². The average Bonchev–Trinajstić information content (AvgIpc) is 2.33. The van der Waals surface area contributed by atoms with Crippen LogP contribution in [-0.4, -0.2) is 40.0 Å². The van der Waals surface area contributed by atoms with Gasteiger partial charge in [0.1, 0.15) is 0 Å². The van der Waals surface area contributed by atoms with Crippen LogP contribution in [0.5, 0.6) is 0 Å². The molecule has 0 saturated carbocycles. The number of rotatable bonds is 13. The van der Waals surface area contributed by atoms with Crippen molar-refractivity contribution in [2.45, 2.75) is 46.5 Å². The second-order valence-electron chi connectivity index (χ2n) is 5.45. The van der Waals surface area contributed by atoms with Gasteiger partial charge in [-0.3, -0.25) is 0 Å². The van der Waals surface area contributed by atoms with Gasteiger partial charge in [-0.2, -0.15) is 0 Å². The first-order valence-electron chi connectivity index (χ1n) is 7.48. The Morgan fingerprint density at radius 1 is 1.11 bits per heavy atom. The van der Waals surface area contributed by atoms with E-state index in [1.54, 1.807) is 7.11 Å². The fourth-order valence-corrected chi connectivity index (χ4v) is 2.17. The van der Waals surface area contributed by atoms with Gasteiger partial charge in [0.15, 0.2) is 0 Å². The lowest BCUT2D eigenvalue weighted by Crippen LogP contribution is -2.25. The quantitative estimate of drug-likeness (QED) is 0.516. The van der Waals surface area contributed by atoms with E-state index in [1.807, 2.05) is 0 Å². The average molecular weight is 259 g/mol. The highest BCUT2D eigenvalue weighted by Gasteiger charge is 2.10. The molecule has 0 amide bonds. The van der Waals surface area contributed by atoms with Crippen molar-refractivity contribution in [1.82, 2.24) is 5.32 Å². The van der Waals surface area contributed by atoms with Crippen LogP contribution in [-0.2, 0) is 9.47 Å². The summed E-state index contributed by atoms with van der Waals surface area (Å²) in [5.41, 5.74) is 0. The zero-order valence-corrected chi connectivity index (χ0v) is 12.8. The molecule has 0 aromatic heterocycles. The Bertz CT molecular complexity index is 163. The van der Waals surface area contributed by atoms with Crippen molar-refractivity contribution in [3.63, 3.8) is 0 Å². The largest absolute Gasteiger partial charge is 0.382 e. The first-order valence-corrected chi connectivity index (χ1v) is 7.48. The highest BCUT2D eigenvalue weighted by atomic mass is 16.5. The number of methoxy groups -OCH3 is 1. The second-order valence-corrected chi connectivity index (χ2v) is 5.45. The van der Waals surface area contributed by atoms with E-state index < -0.39 is 0 Å². The predicted octanol–water partition coefficient (Wildman–Crippen LogP) is 3.09. The molecule has 0 bridgehead atoms. The van der Waals surface area contributed by atoms with Gasteiger partial charge in [0.25, 0.3) is 0 Å². The Morgan fingerprint density at radius 2 is 1.89 bits per heavy atom. The maximum Gasteiger partial charge on any atom is 0.0700 e. The maximum atomic E-state index is 5.51. The van der Waals surface area contributed by atoms with Crippen molar-refractivity contribution in [2.75, 3.05) is 40.0 Å². The van der Waals surface area contributed by atoms with Crippen LogP contribution in [0, 0.1) is 11.8 Å². The highest BCUT2D eigenvalue weighted by molar-refractivity contribution is 4.65. The molecule has 0 aliphatic rings. The third-order valence-corrected chi connectivity index (χ3v) is 3.00. The summed E-state index contributed by atoms with van der Waals surface area (Å²) >= 11 is 0. The summed E-state index contributed by atoms with van der Waals surface area (Å²) in [5.74, 6) is 1.58. The molecule has 0 heterocycles. The Balaban J connectivity index is 3.58. The van der Waals surface area contributed by atoms with Crippen LogP contribution in [0.1, 0.15) is 46.5 Å². The molecule has 0 aromatic carbocycles. The molecule has 0 fully saturated rings. The molecule has 0 radical (unpaired) electrons. The zero-order chi connectivity index (χ0) is 13.6. The number of hydrogen-bond donors (Lipinski definition) is 1. The SMILES string of the molecule is CCCNCC(CCCOCCOC)CC(C)C. The van der Waals surface area contributed by atoms with Gasteiger partial charge >= 0.3 is 0 Å². The van der Waals surface area contributed by atoms with Crippen molar-refractivity contribution in [1.29, 1.82) is 0 Å². The van der Waals surface area contributed by atoms with E-state index in [0.717, 1.165) is 44.6 Å². The van der Waals surface area contributed by atoms with Crippen molar-refractivity contribution in [3.05, 3.63) is 0 Å². The molecule has 0 aliphatic heterocycles. The highest BCUT2D eigenvalue weighted by Crippen LogP contribution is 2.16. The van der Waals surface area contributed by atoms with Crippen molar-refractivity contribution in [2.24, 2.45) is 11.8 Å². The van der Waals surface area contributed by atoms with Crippen LogP contribution >= 0.6 is 0 Å². The maximum absolute atomic E-state index is 5.51. The molecule has 1 N–H and O–H groups in total. The Hall–Kier alpha value is -0.120. The third-order valence-electron chi connectivity index (χ3n) is 3.00. The molecule has 1 atom stereocenters. The van der Waals surface area contributed by atoms with Crippen LogP contribution in [0.2, 0.25) is 0 Å². The molecule has 0 spiro atoms. The summed E-state index contributed by atoms with van der Waals surface area (Å²) in [7, 11) is 1.71. The van der Waals surface area contributed by atoms with Crippen LogP contribution in [0.4, 0.5) is 0 Å². The standard InChI is InChI=1S/C15H33NO2/c1-5-8-16-13-15(12-14(2)3)7-6-9-18-11-10-17-4/h14-16H,5-13H2,1-4H3. The number of ether oxygens (including phenoxy) is 2. The second kappa shape index (κ2) is 13.3. The smallest absolute Gasteiger partial charge is 0.0700 e. The summed E-state index contributed by atoms with van der Waals surface area (Å²) in [6.07, 6.45) is 4.96. The monoisotopic (exact) mass is 259 g/mol. The van der Waals surface area contributed by atoms with E-state index in [1.165, 1.54) is 19.3 Å². The van der Waals surface area contributed by atoms with E-state index in [-0.39, 0.29) is 0 Å². The van der Waals surface area contributed by atoms with Gasteiger partial charge in [-0.15, -0.1) is 0 Å². The first-order chi connectivity index (χ1) is 8.70. The van der Waals surface area contributed by atoms with Crippen molar-refractivity contribution in [3.8, 4) is 0 Å². The van der Waals surface area contributed by atoms with Gasteiger partial charge in [-0.25, -0.2) is 0 Å². The van der Waals surface area contributed by atoms with Crippen molar-refractivity contribution < 1.29 is 9.47 Å². The molecule has 1 unspecified atom stereocenters. The molecular weight excluding hydrogens is 226 g/mol. The summed E-state index contributed by atoms with van der Waals surface area (Å²) in [4.78, 5) is 0. The van der Waals surface area contributed by atoms with Gasteiger partial charge in [-0.05, 0) is 50.6 Å². The molecule has 0 aliphatic carbocycles. The van der Waals surface area contributed by atoms with Gasteiger partial charge in [-0.1, -0.05) is 20.8 Å². The summed E-state index contributed by atoms with van der Waals surface area (Å²) in [6, 6.07) is 0. The van der Waals surface area contributed by atoms with E-state index in [9.17, 15) is 0 Å². The van der Waals surface area contributed by atoms with Gasteiger partial charge in [0, 0.05) is 13.7 Å². The summed E-state index contributed by atoms with van der Waals surface area (Å²) in [5, 5.41) is 3.54. The third kappa shape index (κ3) is 12.3.